The van der Waals surface area contributed by atoms with Crippen molar-refractivity contribution in [1.82, 2.24) is 14.4 Å². The van der Waals surface area contributed by atoms with Crippen molar-refractivity contribution in [1.29, 1.82) is 0 Å². The molecule has 0 unspecified atom stereocenters. The van der Waals surface area contributed by atoms with E-state index in [1.807, 2.05) is 0 Å². The number of fused-ring (bicyclic) bond motifs is 1. The Kier molecular flexibility index (Phi) is 6.43. The van der Waals surface area contributed by atoms with Gasteiger partial charge >= 0.3 is 0 Å². The van der Waals surface area contributed by atoms with Gasteiger partial charge in [0.15, 0.2) is 0 Å². The summed E-state index contributed by atoms with van der Waals surface area (Å²) in [6, 6.07) is 12.9. The SMILES string of the molecule is O=S(=O)(c1ccc(-c2ccon2)s1)N1CCN(c2ccc3c(c2)CCN(C2CCCC2)CC3)CC1. The maximum Gasteiger partial charge on any atom is 0.252 e. The van der Waals surface area contributed by atoms with Crippen LogP contribution in [0.25, 0.3) is 10.6 Å². The summed E-state index contributed by atoms with van der Waals surface area (Å²) >= 11 is 1.25. The predicted molar refractivity (Wildman–Crippen MR) is 138 cm³/mol. The number of aromatic nitrogens is 1. The van der Waals surface area contributed by atoms with Crippen LogP contribution in [0, 0.1) is 0 Å². The Morgan fingerprint density at radius 3 is 2.40 bits per heavy atom. The molecular weight excluding hydrogens is 480 g/mol. The van der Waals surface area contributed by atoms with Crippen molar-refractivity contribution in [3.8, 4) is 10.6 Å². The van der Waals surface area contributed by atoms with Gasteiger partial charge in [-0.25, -0.2) is 8.42 Å². The largest absolute Gasteiger partial charge is 0.369 e. The Morgan fingerprint density at radius 1 is 0.886 bits per heavy atom. The predicted octanol–water partition coefficient (Wildman–Crippen LogP) is 4.26. The Balaban J connectivity index is 1.10. The van der Waals surface area contributed by atoms with Gasteiger partial charge < -0.3 is 9.42 Å². The maximum absolute atomic E-state index is 13.3. The highest BCUT2D eigenvalue weighted by molar-refractivity contribution is 7.91. The van der Waals surface area contributed by atoms with Crippen LogP contribution in [0.2, 0.25) is 0 Å². The molecule has 1 aliphatic carbocycles. The highest BCUT2D eigenvalue weighted by atomic mass is 32.2. The number of nitrogens with zero attached hydrogens (tertiary/aromatic N) is 4. The molecule has 0 N–H and O–H groups in total. The first-order chi connectivity index (χ1) is 17.1. The van der Waals surface area contributed by atoms with Crippen LogP contribution in [-0.2, 0) is 22.9 Å². The van der Waals surface area contributed by atoms with Crippen molar-refractivity contribution in [2.24, 2.45) is 0 Å². The van der Waals surface area contributed by atoms with Crippen molar-refractivity contribution < 1.29 is 12.9 Å². The second-order valence-corrected chi connectivity index (χ2v) is 13.1. The number of thiophene rings is 1. The summed E-state index contributed by atoms with van der Waals surface area (Å²) in [6.45, 7) is 4.72. The Morgan fingerprint density at radius 2 is 1.66 bits per heavy atom. The number of benzene rings is 1. The molecule has 6 rings (SSSR count). The first-order valence-corrected chi connectivity index (χ1v) is 15.0. The van der Waals surface area contributed by atoms with E-state index in [1.54, 1.807) is 22.5 Å². The van der Waals surface area contributed by atoms with Crippen LogP contribution < -0.4 is 4.90 Å². The maximum atomic E-state index is 13.3. The molecular formula is C26H32N4O3S2. The van der Waals surface area contributed by atoms with E-state index in [0.717, 1.165) is 30.3 Å². The van der Waals surface area contributed by atoms with Crippen LogP contribution in [0.4, 0.5) is 5.69 Å². The molecule has 2 aliphatic heterocycles. The van der Waals surface area contributed by atoms with Gasteiger partial charge in [-0.3, -0.25) is 4.90 Å². The van der Waals surface area contributed by atoms with Crippen molar-refractivity contribution in [3.05, 3.63) is 53.8 Å². The van der Waals surface area contributed by atoms with Crippen molar-refractivity contribution in [3.63, 3.8) is 0 Å². The van der Waals surface area contributed by atoms with Crippen molar-refractivity contribution >= 4 is 27.0 Å². The third-order valence-corrected chi connectivity index (χ3v) is 11.3. The highest BCUT2D eigenvalue weighted by Gasteiger charge is 2.31. The molecule has 1 aromatic carbocycles. The number of rotatable bonds is 5. The molecule has 3 aromatic rings. The second kappa shape index (κ2) is 9.69. The Hall–Kier alpha value is -2.20. The smallest absolute Gasteiger partial charge is 0.252 e. The zero-order chi connectivity index (χ0) is 23.8. The number of hydrogen-bond donors (Lipinski definition) is 0. The highest BCUT2D eigenvalue weighted by Crippen LogP contribution is 2.33. The van der Waals surface area contributed by atoms with E-state index in [4.69, 9.17) is 4.52 Å². The van der Waals surface area contributed by atoms with Gasteiger partial charge in [-0.15, -0.1) is 11.3 Å². The van der Waals surface area contributed by atoms with E-state index < -0.39 is 10.0 Å². The molecule has 186 valence electrons. The van der Waals surface area contributed by atoms with Gasteiger partial charge in [-0.05, 0) is 61.1 Å². The van der Waals surface area contributed by atoms with Gasteiger partial charge in [0.05, 0.1) is 4.88 Å². The second-order valence-electron chi connectivity index (χ2n) is 9.82. The molecule has 2 fully saturated rings. The van der Waals surface area contributed by atoms with Crippen LogP contribution in [0.1, 0.15) is 36.8 Å². The fraction of sp³-hybridized carbons (Fsp3) is 0.500. The average Bonchev–Trinajstić information content (AvgIpc) is 3.65. The first kappa shape index (κ1) is 23.2. The number of anilines is 1. The third-order valence-electron chi connectivity index (χ3n) is 7.84. The zero-order valence-electron chi connectivity index (χ0n) is 19.9. The van der Waals surface area contributed by atoms with Gasteiger partial charge in [0, 0.05) is 57.1 Å². The molecule has 4 heterocycles. The molecule has 0 radical (unpaired) electrons. The molecule has 0 amide bonds. The van der Waals surface area contributed by atoms with Crippen molar-refractivity contribution in [2.75, 3.05) is 44.2 Å². The lowest BCUT2D eigenvalue weighted by molar-refractivity contribution is 0.208. The van der Waals surface area contributed by atoms with Gasteiger partial charge in [-0.1, -0.05) is 24.1 Å². The summed E-state index contributed by atoms with van der Waals surface area (Å²) in [4.78, 5) is 5.85. The summed E-state index contributed by atoms with van der Waals surface area (Å²) in [7, 11) is -3.51. The summed E-state index contributed by atoms with van der Waals surface area (Å²) in [5.41, 5.74) is 4.84. The molecule has 0 bridgehead atoms. The molecule has 0 spiro atoms. The van der Waals surface area contributed by atoms with Gasteiger partial charge in [0.1, 0.15) is 16.2 Å². The van der Waals surface area contributed by atoms with Gasteiger partial charge in [0.25, 0.3) is 10.0 Å². The third kappa shape index (κ3) is 4.67. The topological polar surface area (TPSA) is 69.9 Å². The minimum absolute atomic E-state index is 0.362. The lowest BCUT2D eigenvalue weighted by Gasteiger charge is -2.35. The van der Waals surface area contributed by atoms with E-state index >= 15 is 0 Å². The number of hydrogen-bond acceptors (Lipinski definition) is 7. The Labute approximate surface area is 211 Å². The molecule has 35 heavy (non-hydrogen) atoms. The summed E-state index contributed by atoms with van der Waals surface area (Å²) < 4.78 is 33.4. The quantitative estimate of drug-likeness (QED) is 0.509. The lowest BCUT2D eigenvalue weighted by Crippen LogP contribution is -2.48. The van der Waals surface area contributed by atoms with E-state index in [1.165, 1.54) is 66.6 Å². The molecule has 9 heteroatoms. The summed E-state index contributed by atoms with van der Waals surface area (Å²) in [5.74, 6) is 0. The molecule has 2 aromatic heterocycles. The average molecular weight is 513 g/mol. The molecule has 3 aliphatic rings. The molecule has 1 saturated heterocycles. The minimum atomic E-state index is -3.51. The van der Waals surface area contributed by atoms with E-state index in [2.05, 4.69) is 33.2 Å². The van der Waals surface area contributed by atoms with Crippen LogP contribution in [0.3, 0.4) is 0 Å². The zero-order valence-corrected chi connectivity index (χ0v) is 21.6. The fourth-order valence-electron chi connectivity index (χ4n) is 5.81. The first-order valence-electron chi connectivity index (χ1n) is 12.7. The number of sulfonamides is 1. The van der Waals surface area contributed by atoms with Crippen LogP contribution >= 0.6 is 11.3 Å². The Bertz CT molecular complexity index is 1260. The van der Waals surface area contributed by atoms with Gasteiger partial charge in [0.2, 0.25) is 0 Å². The van der Waals surface area contributed by atoms with Crippen LogP contribution in [0.5, 0.6) is 0 Å². The standard InChI is InChI=1S/C26H32N4O3S2/c31-35(32,26-8-7-25(34-26)24-11-18-33-27-24)30-16-14-29(15-17-30)23-6-5-20-9-12-28(13-10-21(20)19-23)22-3-1-2-4-22/h5-8,11,18-19,22H,1-4,9-10,12-17H2. The lowest BCUT2D eigenvalue weighted by atomic mass is 10.0. The van der Waals surface area contributed by atoms with Crippen molar-refractivity contribution in [2.45, 2.75) is 48.8 Å². The molecule has 0 atom stereocenters. The number of piperazine rings is 1. The van der Waals surface area contributed by atoms with Gasteiger partial charge in [-0.2, -0.15) is 4.31 Å². The van der Waals surface area contributed by atoms with Crippen LogP contribution in [0.15, 0.2) is 51.4 Å². The normalized spacial score (nSPS) is 20.7. The van der Waals surface area contributed by atoms with E-state index in [9.17, 15) is 8.42 Å². The molecule has 7 nitrogen and oxygen atoms in total. The minimum Gasteiger partial charge on any atom is -0.369 e. The van der Waals surface area contributed by atoms with E-state index in [0.29, 0.717) is 36.1 Å². The van der Waals surface area contributed by atoms with Crippen LogP contribution in [-0.4, -0.2) is 68.1 Å². The monoisotopic (exact) mass is 512 g/mol. The summed E-state index contributed by atoms with van der Waals surface area (Å²) in [6.07, 6.45) is 9.24. The molecule has 1 saturated carbocycles. The summed E-state index contributed by atoms with van der Waals surface area (Å²) in [5, 5.41) is 3.92. The van der Waals surface area contributed by atoms with E-state index in [-0.39, 0.29) is 0 Å². The fourth-order valence-corrected chi connectivity index (χ4v) is 8.65.